The number of benzene rings is 2. The number of sulfonamides is 1. The molecule has 146 valence electrons. The molecule has 2 heterocycles. The number of fused-ring (bicyclic) bond motifs is 1. The lowest BCUT2D eigenvalue weighted by molar-refractivity contribution is -0.121. The van der Waals surface area contributed by atoms with Crippen LogP contribution in [0.25, 0.3) is 0 Å². The predicted octanol–water partition coefficient (Wildman–Crippen LogP) is 3.10. The first-order valence-corrected chi connectivity index (χ1v) is 10.9. The van der Waals surface area contributed by atoms with Crippen molar-refractivity contribution in [3.8, 4) is 0 Å². The first-order valence-electron chi connectivity index (χ1n) is 9.43. The van der Waals surface area contributed by atoms with Crippen molar-refractivity contribution in [3.05, 3.63) is 59.2 Å². The SMILES string of the molecule is Cc1cccc(NC(=O)C2CCCN(C3=NS(=O)(=O)c4ccccc43)C2)c1C. The minimum absolute atomic E-state index is 0.0341. The summed E-state index contributed by atoms with van der Waals surface area (Å²) < 4.78 is 28.7. The highest BCUT2D eigenvalue weighted by Crippen LogP contribution is 2.30. The van der Waals surface area contributed by atoms with Crippen LogP contribution in [0.3, 0.4) is 0 Å². The van der Waals surface area contributed by atoms with E-state index in [4.69, 9.17) is 0 Å². The number of amides is 1. The van der Waals surface area contributed by atoms with E-state index in [1.807, 2.05) is 43.0 Å². The first-order chi connectivity index (χ1) is 13.4. The normalized spacial score (nSPS) is 20.4. The van der Waals surface area contributed by atoms with Crippen molar-refractivity contribution in [2.75, 3.05) is 18.4 Å². The maximum Gasteiger partial charge on any atom is 0.285 e. The number of hydrogen-bond donors (Lipinski definition) is 1. The van der Waals surface area contributed by atoms with E-state index in [1.54, 1.807) is 18.2 Å². The average Bonchev–Trinajstić information content (AvgIpc) is 2.97. The molecule has 6 nitrogen and oxygen atoms in total. The van der Waals surface area contributed by atoms with Crippen LogP contribution in [0.15, 0.2) is 51.8 Å². The molecule has 4 rings (SSSR count). The van der Waals surface area contributed by atoms with Crippen LogP contribution in [0.1, 0.15) is 29.5 Å². The zero-order chi connectivity index (χ0) is 19.9. The Hall–Kier alpha value is -2.67. The molecule has 1 atom stereocenters. The van der Waals surface area contributed by atoms with Crippen LogP contribution in [0, 0.1) is 19.8 Å². The monoisotopic (exact) mass is 397 g/mol. The molecule has 7 heteroatoms. The number of nitrogens with zero attached hydrogens (tertiary/aromatic N) is 2. The van der Waals surface area contributed by atoms with Crippen molar-refractivity contribution in [1.82, 2.24) is 4.90 Å². The zero-order valence-corrected chi connectivity index (χ0v) is 16.8. The maximum absolute atomic E-state index is 12.9. The number of nitrogens with one attached hydrogen (secondary N) is 1. The maximum atomic E-state index is 12.9. The quantitative estimate of drug-likeness (QED) is 0.845. The fraction of sp³-hybridized carbons (Fsp3) is 0.333. The summed E-state index contributed by atoms with van der Waals surface area (Å²) in [7, 11) is -3.66. The molecule has 1 unspecified atom stereocenters. The summed E-state index contributed by atoms with van der Waals surface area (Å²) in [6, 6.07) is 12.7. The molecule has 1 fully saturated rings. The van der Waals surface area contributed by atoms with Gasteiger partial charge < -0.3 is 10.2 Å². The number of hydrogen-bond acceptors (Lipinski definition) is 4. The Balaban J connectivity index is 1.54. The zero-order valence-electron chi connectivity index (χ0n) is 16.0. The molecule has 1 amide bonds. The van der Waals surface area contributed by atoms with Gasteiger partial charge in [-0.15, -0.1) is 4.40 Å². The lowest BCUT2D eigenvalue weighted by Gasteiger charge is -2.33. The van der Waals surface area contributed by atoms with E-state index in [-0.39, 0.29) is 16.7 Å². The van der Waals surface area contributed by atoms with Gasteiger partial charge in [0.2, 0.25) is 5.91 Å². The predicted molar refractivity (Wildman–Crippen MR) is 109 cm³/mol. The highest BCUT2D eigenvalue weighted by molar-refractivity contribution is 7.90. The van der Waals surface area contributed by atoms with E-state index >= 15 is 0 Å². The minimum Gasteiger partial charge on any atom is -0.355 e. The van der Waals surface area contributed by atoms with Crippen LogP contribution >= 0.6 is 0 Å². The minimum atomic E-state index is -3.66. The molecule has 28 heavy (non-hydrogen) atoms. The van der Waals surface area contributed by atoms with Crippen LogP contribution in [0.2, 0.25) is 0 Å². The van der Waals surface area contributed by atoms with Gasteiger partial charge in [-0.3, -0.25) is 4.79 Å². The third-order valence-electron chi connectivity index (χ3n) is 5.57. The van der Waals surface area contributed by atoms with Crippen molar-refractivity contribution in [1.29, 1.82) is 0 Å². The summed E-state index contributed by atoms with van der Waals surface area (Å²) >= 11 is 0. The Kier molecular flexibility index (Phi) is 4.71. The second kappa shape index (κ2) is 7.05. The standard InChI is InChI=1S/C21H23N3O3S/c1-14-7-5-10-18(15(14)2)22-21(25)16-8-6-12-24(13-16)20-17-9-3-4-11-19(17)28(26,27)23-20/h3-5,7,9-11,16H,6,8,12-13H2,1-2H3,(H,22,25). The Morgan fingerprint density at radius 3 is 2.75 bits per heavy atom. The third kappa shape index (κ3) is 3.30. The Morgan fingerprint density at radius 1 is 1.14 bits per heavy atom. The number of piperidine rings is 1. The molecular weight excluding hydrogens is 374 g/mol. The number of amidine groups is 1. The molecule has 0 aliphatic carbocycles. The van der Waals surface area contributed by atoms with E-state index in [1.165, 1.54) is 0 Å². The average molecular weight is 398 g/mol. The van der Waals surface area contributed by atoms with Gasteiger partial charge in [-0.2, -0.15) is 8.42 Å². The van der Waals surface area contributed by atoms with Crippen LogP contribution in [0.5, 0.6) is 0 Å². The molecule has 0 aromatic heterocycles. The third-order valence-corrected chi connectivity index (χ3v) is 6.89. The Bertz CT molecular complexity index is 1080. The highest BCUT2D eigenvalue weighted by Gasteiger charge is 2.35. The van der Waals surface area contributed by atoms with Crippen molar-refractivity contribution in [2.45, 2.75) is 31.6 Å². The second-order valence-electron chi connectivity index (χ2n) is 7.41. The molecule has 2 aliphatic rings. The van der Waals surface area contributed by atoms with Crippen molar-refractivity contribution in [2.24, 2.45) is 10.3 Å². The van der Waals surface area contributed by atoms with E-state index in [0.29, 0.717) is 24.5 Å². The molecule has 0 spiro atoms. The summed E-state index contributed by atoms with van der Waals surface area (Å²) in [6.07, 6.45) is 1.58. The Labute approximate surface area is 165 Å². The molecule has 1 saturated heterocycles. The molecule has 2 aliphatic heterocycles. The molecular formula is C21H23N3O3S. The van der Waals surface area contributed by atoms with Gasteiger partial charge in [0.15, 0.2) is 5.84 Å². The number of carbonyl (C=O) groups excluding carboxylic acids is 1. The van der Waals surface area contributed by atoms with Gasteiger partial charge >= 0.3 is 0 Å². The van der Waals surface area contributed by atoms with Gasteiger partial charge in [0, 0.05) is 24.3 Å². The van der Waals surface area contributed by atoms with Crippen molar-refractivity contribution < 1.29 is 13.2 Å². The smallest absolute Gasteiger partial charge is 0.285 e. The van der Waals surface area contributed by atoms with Gasteiger partial charge in [-0.1, -0.05) is 24.3 Å². The van der Waals surface area contributed by atoms with Gasteiger partial charge in [-0.25, -0.2) is 0 Å². The number of aryl methyl sites for hydroxylation is 1. The Morgan fingerprint density at radius 2 is 1.93 bits per heavy atom. The summed E-state index contributed by atoms with van der Waals surface area (Å²) in [5.74, 6) is 0.208. The van der Waals surface area contributed by atoms with Crippen LogP contribution < -0.4 is 5.32 Å². The molecule has 1 N–H and O–H groups in total. The van der Waals surface area contributed by atoms with Crippen LogP contribution in [0.4, 0.5) is 5.69 Å². The summed E-state index contributed by atoms with van der Waals surface area (Å²) in [5, 5.41) is 3.04. The summed E-state index contributed by atoms with van der Waals surface area (Å²) in [4.78, 5) is 15.0. The van der Waals surface area contributed by atoms with Gasteiger partial charge in [0.1, 0.15) is 4.90 Å². The highest BCUT2D eigenvalue weighted by atomic mass is 32.2. The summed E-state index contributed by atoms with van der Waals surface area (Å²) in [5.41, 5.74) is 3.64. The van der Waals surface area contributed by atoms with E-state index in [0.717, 1.165) is 29.7 Å². The molecule has 0 radical (unpaired) electrons. The summed E-state index contributed by atoms with van der Waals surface area (Å²) in [6.45, 7) is 5.16. The van der Waals surface area contributed by atoms with Gasteiger partial charge in [0.05, 0.1) is 5.92 Å². The number of anilines is 1. The fourth-order valence-electron chi connectivity index (χ4n) is 3.82. The van der Waals surface area contributed by atoms with Crippen molar-refractivity contribution >= 4 is 27.5 Å². The molecule has 0 saturated carbocycles. The van der Waals surface area contributed by atoms with E-state index < -0.39 is 10.0 Å². The number of likely N-dealkylation sites (tertiary alicyclic amines) is 1. The molecule has 2 aromatic rings. The second-order valence-corrected chi connectivity index (χ2v) is 8.98. The number of rotatable bonds is 2. The van der Waals surface area contributed by atoms with Crippen LogP contribution in [-0.4, -0.2) is 38.2 Å². The number of carbonyl (C=O) groups is 1. The molecule has 0 bridgehead atoms. The fourth-order valence-corrected chi connectivity index (χ4v) is 5.05. The van der Waals surface area contributed by atoms with Gasteiger partial charge in [-0.05, 0) is 56.0 Å². The molecule has 2 aromatic carbocycles. The van der Waals surface area contributed by atoms with Crippen LogP contribution in [-0.2, 0) is 14.8 Å². The van der Waals surface area contributed by atoms with E-state index in [2.05, 4.69) is 9.71 Å². The topological polar surface area (TPSA) is 78.8 Å². The first kappa shape index (κ1) is 18.7. The van der Waals surface area contributed by atoms with Crippen molar-refractivity contribution in [3.63, 3.8) is 0 Å². The lowest BCUT2D eigenvalue weighted by atomic mass is 9.96. The lowest BCUT2D eigenvalue weighted by Crippen LogP contribution is -2.43. The largest absolute Gasteiger partial charge is 0.355 e. The van der Waals surface area contributed by atoms with E-state index in [9.17, 15) is 13.2 Å². The van der Waals surface area contributed by atoms with Gasteiger partial charge in [0.25, 0.3) is 10.0 Å².